The minimum absolute atomic E-state index is 0.231. The number of amides is 1. The number of benzene rings is 1. The van der Waals surface area contributed by atoms with E-state index in [4.69, 9.17) is 13.9 Å². The summed E-state index contributed by atoms with van der Waals surface area (Å²) >= 11 is 0. The average molecular weight is 307 g/mol. The molecule has 0 aliphatic carbocycles. The second kappa shape index (κ2) is 7.61. The summed E-state index contributed by atoms with van der Waals surface area (Å²) < 4.78 is 28.5. The van der Waals surface area contributed by atoms with Crippen molar-refractivity contribution in [3.8, 4) is 5.75 Å². The molecule has 1 aromatic carbocycles. The Morgan fingerprint density at radius 2 is 1.95 bits per heavy atom. The summed E-state index contributed by atoms with van der Waals surface area (Å²) in [5.74, 6) is 0.871. The fourth-order valence-electron chi connectivity index (χ4n) is 1.83. The third-order valence-corrected chi connectivity index (χ3v) is 3.01. The zero-order valence-corrected chi connectivity index (χ0v) is 12.5. The van der Waals surface area contributed by atoms with Crippen molar-refractivity contribution in [2.75, 3.05) is 27.3 Å². The molecule has 0 spiro atoms. The normalized spacial score (nSPS) is 10.5. The SMILES string of the molecule is COCc1ccc(C(=O)N(C)CCOc2ccc(F)cc2)o1. The molecular formula is C16H18FNO4. The van der Waals surface area contributed by atoms with Gasteiger partial charge in [0.05, 0.1) is 6.54 Å². The van der Waals surface area contributed by atoms with Crippen LogP contribution in [0.1, 0.15) is 16.3 Å². The first-order chi connectivity index (χ1) is 10.6. The predicted octanol–water partition coefficient (Wildman–Crippen LogP) is 2.72. The lowest BCUT2D eigenvalue weighted by Crippen LogP contribution is -2.30. The number of rotatable bonds is 7. The van der Waals surface area contributed by atoms with Gasteiger partial charge in [0.25, 0.3) is 5.91 Å². The molecule has 0 bridgehead atoms. The highest BCUT2D eigenvalue weighted by atomic mass is 19.1. The zero-order valence-electron chi connectivity index (χ0n) is 12.5. The fraction of sp³-hybridized carbons (Fsp3) is 0.312. The van der Waals surface area contributed by atoms with Crippen molar-refractivity contribution in [2.24, 2.45) is 0 Å². The first-order valence-corrected chi connectivity index (χ1v) is 6.81. The van der Waals surface area contributed by atoms with E-state index in [1.54, 1.807) is 38.4 Å². The van der Waals surface area contributed by atoms with Crippen molar-refractivity contribution >= 4 is 5.91 Å². The summed E-state index contributed by atoms with van der Waals surface area (Å²) in [4.78, 5) is 13.6. The fourth-order valence-corrected chi connectivity index (χ4v) is 1.83. The molecule has 118 valence electrons. The van der Waals surface area contributed by atoms with Crippen molar-refractivity contribution in [1.82, 2.24) is 4.90 Å². The Labute approximate surface area is 128 Å². The van der Waals surface area contributed by atoms with Crippen LogP contribution >= 0.6 is 0 Å². The van der Waals surface area contributed by atoms with E-state index in [0.29, 0.717) is 31.3 Å². The van der Waals surface area contributed by atoms with Crippen LogP contribution in [0.4, 0.5) is 4.39 Å². The lowest BCUT2D eigenvalue weighted by Gasteiger charge is -2.16. The quantitative estimate of drug-likeness (QED) is 0.789. The van der Waals surface area contributed by atoms with Crippen LogP contribution in [-0.2, 0) is 11.3 Å². The predicted molar refractivity (Wildman–Crippen MR) is 78.3 cm³/mol. The Bertz CT molecular complexity index is 609. The van der Waals surface area contributed by atoms with Crippen LogP contribution in [0.3, 0.4) is 0 Å². The minimum Gasteiger partial charge on any atom is -0.492 e. The van der Waals surface area contributed by atoms with Crippen LogP contribution in [0.2, 0.25) is 0 Å². The number of furan rings is 1. The van der Waals surface area contributed by atoms with Crippen LogP contribution < -0.4 is 4.74 Å². The second-order valence-electron chi connectivity index (χ2n) is 4.73. The maximum absolute atomic E-state index is 12.8. The molecular weight excluding hydrogens is 289 g/mol. The van der Waals surface area contributed by atoms with Gasteiger partial charge in [0.15, 0.2) is 5.76 Å². The van der Waals surface area contributed by atoms with E-state index < -0.39 is 0 Å². The average Bonchev–Trinajstić information content (AvgIpc) is 2.97. The van der Waals surface area contributed by atoms with Crippen LogP contribution in [-0.4, -0.2) is 38.1 Å². The van der Waals surface area contributed by atoms with Gasteiger partial charge >= 0.3 is 0 Å². The van der Waals surface area contributed by atoms with E-state index in [1.165, 1.54) is 17.0 Å². The largest absolute Gasteiger partial charge is 0.492 e. The third kappa shape index (κ3) is 4.33. The number of nitrogens with zero attached hydrogens (tertiary/aromatic N) is 1. The van der Waals surface area contributed by atoms with E-state index in [9.17, 15) is 9.18 Å². The number of halogens is 1. The minimum atomic E-state index is -0.315. The third-order valence-electron chi connectivity index (χ3n) is 3.01. The van der Waals surface area contributed by atoms with Gasteiger partial charge in [-0.3, -0.25) is 4.79 Å². The lowest BCUT2D eigenvalue weighted by molar-refractivity contribution is 0.0734. The van der Waals surface area contributed by atoms with Crippen molar-refractivity contribution in [3.05, 3.63) is 53.7 Å². The maximum Gasteiger partial charge on any atom is 0.289 e. The Balaban J connectivity index is 1.81. The molecule has 0 N–H and O–H groups in total. The first-order valence-electron chi connectivity index (χ1n) is 6.81. The molecule has 22 heavy (non-hydrogen) atoms. The molecule has 0 radical (unpaired) electrons. The number of likely N-dealkylation sites (N-methyl/N-ethyl adjacent to an activating group) is 1. The molecule has 0 aliphatic heterocycles. The first kappa shape index (κ1) is 16.0. The van der Waals surface area contributed by atoms with E-state index >= 15 is 0 Å². The Kier molecular flexibility index (Phi) is 5.55. The lowest BCUT2D eigenvalue weighted by atomic mass is 10.3. The van der Waals surface area contributed by atoms with Crippen LogP contribution in [0.25, 0.3) is 0 Å². The van der Waals surface area contributed by atoms with Gasteiger partial charge in [0.2, 0.25) is 0 Å². The number of hydrogen-bond acceptors (Lipinski definition) is 4. The maximum atomic E-state index is 12.8. The summed E-state index contributed by atoms with van der Waals surface area (Å²) in [5, 5.41) is 0. The molecule has 5 nitrogen and oxygen atoms in total. The molecule has 1 heterocycles. The van der Waals surface area contributed by atoms with Crippen LogP contribution in [0.5, 0.6) is 5.75 Å². The molecule has 0 atom stereocenters. The topological polar surface area (TPSA) is 51.9 Å². The summed E-state index contributed by atoms with van der Waals surface area (Å²) in [6, 6.07) is 9.06. The molecule has 6 heteroatoms. The Hall–Kier alpha value is -2.34. The molecule has 1 aromatic heterocycles. The van der Waals surface area contributed by atoms with Gasteiger partial charge in [0.1, 0.15) is 30.5 Å². The highest BCUT2D eigenvalue weighted by Gasteiger charge is 2.15. The molecule has 2 aromatic rings. The van der Waals surface area contributed by atoms with Crippen molar-refractivity contribution in [1.29, 1.82) is 0 Å². The molecule has 0 aliphatic rings. The van der Waals surface area contributed by atoms with Gasteiger partial charge in [-0.15, -0.1) is 0 Å². The van der Waals surface area contributed by atoms with Gasteiger partial charge in [-0.2, -0.15) is 0 Å². The molecule has 0 unspecified atom stereocenters. The van der Waals surface area contributed by atoms with Crippen LogP contribution in [0.15, 0.2) is 40.8 Å². The summed E-state index contributed by atoms with van der Waals surface area (Å²) in [6.45, 7) is 1.01. The Morgan fingerprint density at radius 3 is 2.64 bits per heavy atom. The van der Waals surface area contributed by atoms with Crippen molar-refractivity contribution < 1.29 is 23.1 Å². The van der Waals surface area contributed by atoms with E-state index in [2.05, 4.69) is 0 Å². The number of carbonyl (C=O) groups is 1. The van der Waals surface area contributed by atoms with Gasteiger partial charge < -0.3 is 18.8 Å². The monoisotopic (exact) mass is 307 g/mol. The van der Waals surface area contributed by atoms with Crippen molar-refractivity contribution in [3.63, 3.8) is 0 Å². The highest BCUT2D eigenvalue weighted by molar-refractivity contribution is 5.91. The Morgan fingerprint density at radius 1 is 1.23 bits per heavy atom. The standard InChI is InChI=1S/C16H18FNO4/c1-18(9-10-21-13-5-3-12(17)4-6-13)16(19)15-8-7-14(22-15)11-20-2/h3-8H,9-11H2,1-2H3. The molecule has 0 saturated heterocycles. The zero-order chi connectivity index (χ0) is 15.9. The number of hydrogen-bond donors (Lipinski definition) is 0. The number of methoxy groups -OCH3 is 1. The van der Waals surface area contributed by atoms with E-state index in [1.807, 2.05) is 0 Å². The van der Waals surface area contributed by atoms with E-state index in [0.717, 1.165) is 0 Å². The molecule has 1 amide bonds. The molecule has 2 rings (SSSR count). The summed E-state index contributed by atoms with van der Waals surface area (Å²) in [6.07, 6.45) is 0. The number of ether oxygens (including phenoxy) is 2. The van der Waals surface area contributed by atoms with Gasteiger partial charge in [-0.25, -0.2) is 4.39 Å². The van der Waals surface area contributed by atoms with Crippen LogP contribution in [0, 0.1) is 5.82 Å². The van der Waals surface area contributed by atoms with Gasteiger partial charge in [0, 0.05) is 14.2 Å². The summed E-state index contributed by atoms with van der Waals surface area (Å²) in [7, 11) is 3.22. The molecule has 0 saturated carbocycles. The van der Waals surface area contributed by atoms with Gasteiger partial charge in [-0.1, -0.05) is 0 Å². The second-order valence-corrected chi connectivity index (χ2v) is 4.73. The summed E-state index contributed by atoms with van der Waals surface area (Å²) in [5.41, 5.74) is 0. The highest BCUT2D eigenvalue weighted by Crippen LogP contribution is 2.12. The number of carbonyl (C=O) groups excluding carboxylic acids is 1. The van der Waals surface area contributed by atoms with E-state index in [-0.39, 0.29) is 17.5 Å². The molecule has 0 fully saturated rings. The smallest absolute Gasteiger partial charge is 0.289 e. The van der Waals surface area contributed by atoms with Crippen molar-refractivity contribution in [2.45, 2.75) is 6.61 Å². The van der Waals surface area contributed by atoms with Gasteiger partial charge in [-0.05, 0) is 36.4 Å².